The number of rotatable bonds is 8. The minimum atomic E-state index is -0.564. The summed E-state index contributed by atoms with van der Waals surface area (Å²) in [6, 6.07) is 0.273. The van der Waals surface area contributed by atoms with E-state index < -0.39 is 5.54 Å². The van der Waals surface area contributed by atoms with Gasteiger partial charge in [0.05, 0.1) is 5.54 Å². The first-order valence-corrected chi connectivity index (χ1v) is 7.02. The SMILES string of the molecule is CC(C)NC(C)(CCCSC(C)C)C(N)=O. The highest BCUT2D eigenvalue weighted by molar-refractivity contribution is 7.99. The Bertz CT molecular complexity index is 219. The van der Waals surface area contributed by atoms with Crippen LogP contribution in [0.2, 0.25) is 0 Å². The number of thioether (sulfide) groups is 1. The van der Waals surface area contributed by atoms with Gasteiger partial charge in [0.15, 0.2) is 0 Å². The zero-order chi connectivity index (χ0) is 12.8. The summed E-state index contributed by atoms with van der Waals surface area (Å²) < 4.78 is 0. The quantitative estimate of drug-likeness (QED) is 0.645. The normalized spacial score (nSPS) is 15.4. The van der Waals surface area contributed by atoms with Crippen LogP contribution in [0.5, 0.6) is 0 Å². The van der Waals surface area contributed by atoms with Crippen LogP contribution in [0.15, 0.2) is 0 Å². The number of primary amides is 1. The summed E-state index contributed by atoms with van der Waals surface area (Å²) in [6.07, 6.45) is 1.82. The molecule has 0 saturated carbocycles. The van der Waals surface area contributed by atoms with Crippen molar-refractivity contribution in [1.29, 1.82) is 0 Å². The average molecular weight is 246 g/mol. The van der Waals surface area contributed by atoms with Gasteiger partial charge in [0, 0.05) is 6.04 Å². The molecule has 3 nitrogen and oxygen atoms in total. The number of nitrogens with two attached hydrogens (primary N) is 1. The molecule has 16 heavy (non-hydrogen) atoms. The monoisotopic (exact) mass is 246 g/mol. The highest BCUT2D eigenvalue weighted by atomic mass is 32.2. The van der Waals surface area contributed by atoms with Crippen LogP contribution in [0.25, 0.3) is 0 Å². The molecule has 0 saturated heterocycles. The summed E-state index contributed by atoms with van der Waals surface area (Å²) in [4.78, 5) is 11.4. The minimum Gasteiger partial charge on any atom is -0.368 e. The number of carbonyl (C=O) groups excluding carboxylic acids is 1. The molecule has 96 valence electrons. The number of nitrogens with one attached hydrogen (secondary N) is 1. The third kappa shape index (κ3) is 6.38. The van der Waals surface area contributed by atoms with E-state index in [2.05, 4.69) is 19.2 Å². The van der Waals surface area contributed by atoms with Crippen LogP contribution in [0.1, 0.15) is 47.5 Å². The van der Waals surface area contributed by atoms with Gasteiger partial charge >= 0.3 is 0 Å². The van der Waals surface area contributed by atoms with Crippen molar-refractivity contribution in [2.45, 2.75) is 64.3 Å². The molecule has 0 radical (unpaired) electrons. The molecule has 0 spiro atoms. The summed E-state index contributed by atoms with van der Waals surface area (Å²) in [6.45, 7) is 10.3. The van der Waals surface area contributed by atoms with Crippen molar-refractivity contribution in [3.63, 3.8) is 0 Å². The van der Waals surface area contributed by atoms with Crippen molar-refractivity contribution < 1.29 is 4.79 Å². The zero-order valence-electron chi connectivity index (χ0n) is 11.2. The molecule has 0 bridgehead atoms. The Morgan fingerprint density at radius 1 is 1.38 bits per heavy atom. The Hall–Kier alpha value is -0.220. The van der Waals surface area contributed by atoms with Crippen LogP contribution in [-0.4, -0.2) is 28.5 Å². The van der Waals surface area contributed by atoms with E-state index in [1.54, 1.807) is 0 Å². The minimum absolute atomic E-state index is 0.254. The second-order valence-electron chi connectivity index (χ2n) is 5.02. The third-order valence-corrected chi connectivity index (χ3v) is 3.61. The maximum atomic E-state index is 11.4. The standard InChI is InChI=1S/C12H26N2OS/c1-9(2)14-12(5,11(13)15)7-6-8-16-10(3)4/h9-10,14H,6-8H2,1-5H3,(H2,13,15). The Morgan fingerprint density at radius 2 is 1.94 bits per heavy atom. The van der Waals surface area contributed by atoms with E-state index >= 15 is 0 Å². The Morgan fingerprint density at radius 3 is 2.31 bits per heavy atom. The summed E-state index contributed by atoms with van der Waals surface area (Å²) in [5, 5.41) is 3.91. The van der Waals surface area contributed by atoms with Crippen LogP contribution in [0, 0.1) is 0 Å². The first-order valence-electron chi connectivity index (χ1n) is 5.97. The molecule has 0 fully saturated rings. The van der Waals surface area contributed by atoms with E-state index in [4.69, 9.17) is 5.73 Å². The maximum absolute atomic E-state index is 11.4. The molecule has 3 N–H and O–H groups in total. The van der Waals surface area contributed by atoms with Gasteiger partial charge in [0.25, 0.3) is 0 Å². The van der Waals surface area contributed by atoms with Crippen LogP contribution >= 0.6 is 11.8 Å². The number of hydrogen-bond acceptors (Lipinski definition) is 3. The van der Waals surface area contributed by atoms with Crippen LogP contribution in [0.4, 0.5) is 0 Å². The second-order valence-corrected chi connectivity index (χ2v) is 6.70. The molecule has 1 atom stereocenters. The lowest BCUT2D eigenvalue weighted by atomic mass is 9.94. The zero-order valence-corrected chi connectivity index (χ0v) is 12.0. The lowest BCUT2D eigenvalue weighted by Crippen LogP contribution is -2.55. The first-order chi connectivity index (χ1) is 7.28. The van der Waals surface area contributed by atoms with Gasteiger partial charge in [0.1, 0.15) is 0 Å². The fraction of sp³-hybridized carbons (Fsp3) is 0.917. The van der Waals surface area contributed by atoms with Crippen molar-refractivity contribution in [3.05, 3.63) is 0 Å². The molecule has 0 heterocycles. The summed E-state index contributed by atoms with van der Waals surface area (Å²) in [5.74, 6) is 0.830. The Kier molecular flexibility index (Phi) is 7.07. The summed E-state index contributed by atoms with van der Waals surface area (Å²) in [5.41, 5.74) is 4.89. The molecule has 0 aromatic heterocycles. The van der Waals surface area contributed by atoms with E-state index in [0.29, 0.717) is 5.25 Å². The topological polar surface area (TPSA) is 55.1 Å². The molecule has 0 rings (SSSR count). The van der Waals surface area contributed by atoms with Gasteiger partial charge in [-0.25, -0.2) is 0 Å². The molecule has 1 amide bonds. The molecule has 0 aromatic carbocycles. The summed E-state index contributed by atoms with van der Waals surface area (Å²) >= 11 is 1.92. The molecule has 0 aliphatic rings. The predicted octanol–water partition coefficient (Wildman–Crippen LogP) is 2.15. The van der Waals surface area contributed by atoms with Gasteiger partial charge in [-0.15, -0.1) is 0 Å². The first kappa shape index (κ1) is 15.8. The van der Waals surface area contributed by atoms with Gasteiger partial charge in [-0.2, -0.15) is 11.8 Å². The highest BCUT2D eigenvalue weighted by Gasteiger charge is 2.30. The molecule has 4 heteroatoms. The highest BCUT2D eigenvalue weighted by Crippen LogP contribution is 2.17. The molecule has 1 unspecified atom stereocenters. The smallest absolute Gasteiger partial charge is 0.237 e. The lowest BCUT2D eigenvalue weighted by molar-refractivity contribution is -0.124. The fourth-order valence-electron chi connectivity index (χ4n) is 1.65. The number of amides is 1. The van der Waals surface area contributed by atoms with E-state index in [-0.39, 0.29) is 11.9 Å². The largest absolute Gasteiger partial charge is 0.368 e. The van der Waals surface area contributed by atoms with Gasteiger partial charge in [-0.05, 0) is 44.6 Å². The second kappa shape index (κ2) is 7.17. The lowest BCUT2D eigenvalue weighted by Gasteiger charge is -2.29. The Labute approximate surface area is 104 Å². The predicted molar refractivity (Wildman–Crippen MR) is 72.7 cm³/mol. The van der Waals surface area contributed by atoms with E-state index in [9.17, 15) is 4.79 Å². The van der Waals surface area contributed by atoms with Gasteiger partial charge < -0.3 is 11.1 Å². The molecular weight excluding hydrogens is 220 g/mol. The van der Waals surface area contributed by atoms with E-state index in [1.165, 1.54) is 0 Å². The molecular formula is C12H26N2OS. The van der Waals surface area contributed by atoms with Crippen molar-refractivity contribution >= 4 is 17.7 Å². The number of carbonyl (C=O) groups is 1. The molecule has 0 aliphatic heterocycles. The van der Waals surface area contributed by atoms with Crippen molar-refractivity contribution in [3.8, 4) is 0 Å². The average Bonchev–Trinajstić information content (AvgIpc) is 2.10. The van der Waals surface area contributed by atoms with Gasteiger partial charge in [0.2, 0.25) is 5.91 Å². The van der Waals surface area contributed by atoms with Crippen LogP contribution in [-0.2, 0) is 4.79 Å². The molecule has 0 aliphatic carbocycles. The number of hydrogen-bond donors (Lipinski definition) is 2. The van der Waals surface area contributed by atoms with Crippen LogP contribution < -0.4 is 11.1 Å². The van der Waals surface area contributed by atoms with Crippen molar-refractivity contribution in [2.75, 3.05) is 5.75 Å². The summed E-state index contributed by atoms with van der Waals surface area (Å²) in [7, 11) is 0. The van der Waals surface area contributed by atoms with Gasteiger partial charge in [-0.1, -0.05) is 13.8 Å². The maximum Gasteiger partial charge on any atom is 0.237 e. The van der Waals surface area contributed by atoms with E-state index in [1.807, 2.05) is 32.5 Å². The van der Waals surface area contributed by atoms with E-state index in [0.717, 1.165) is 18.6 Å². The Balaban J connectivity index is 4.08. The fourth-order valence-corrected chi connectivity index (χ4v) is 2.43. The van der Waals surface area contributed by atoms with Crippen LogP contribution in [0.3, 0.4) is 0 Å². The van der Waals surface area contributed by atoms with Gasteiger partial charge in [-0.3, -0.25) is 4.79 Å². The van der Waals surface area contributed by atoms with Crippen molar-refractivity contribution in [2.24, 2.45) is 5.73 Å². The third-order valence-electron chi connectivity index (χ3n) is 2.42. The van der Waals surface area contributed by atoms with Crippen molar-refractivity contribution in [1.82, 2.24) is 5.32 Å². The molecule has 0 aromatic rings.